The van der Waals surface area contributed by atoms with E-state index in [4.69, 9.17) is 4.99 Å². The number of nitrogens with one attached hydrogen (secondary N) is 2. The molecule has 0 saturated carbocycles. The van der Waals surface area contributed by atoms with Gasteiger partial charge in [0, 0.05) is 18.8 Å². The first kappa shape index (κ1) is 20.3. The lowest BCUT2D eigenvalue weighted by molar-refractivity contribution is 0.191. The fourth-order valence-corrected chi connectivity index (χ4v) is 3.46. The van der Waals surface area contributed by atoms with Crippen molar-refractivity contribution >= 4 is 5.96 Å². The molecule has 1 aliphatic heterocycles. The highest BCUT2D eigenvalue weighted by atomic mass is 15.3. The highest BCUT2D eigenvalue weighted by molar-refractivity contribution is 5.79. The predicted molar refractivity (Wildman–Crippen MR) is 114 cm³/mol. The number of nitrogens with zero attached hydrogens (tertiary/aromatic N) is 5. The second-order valence-electron chi connectivity index (χ2n) is 7.45. The quantitative estimate of drug-likeness (QED) is 0.416. The lowest BCUT2D eigenvalue weighted by atomic mass is 9.99. The zero-order chi connectivity index (χ0) is 19.6. The Morgan fingerprint density at radius 2 is 1.96 bits per heavy atom. The van der Waals surface area contributed by atoms with Crippen LogP contribution in [0.4, 0.5) is 0 Å². The Bertz CT molecular complexity index is 717. The number of hydrogen-bond donors (Lipinski definition) is 2. The molecule has 3 rings (SSSR count). The van der Waals surface area contributed by atoms with Gasteiger partial charge in [0.2, 0.25) is 0 Å². The molecule has 1 aliphatic rings. The SMILES string of the molecule is CCNC(=NCc1nncn1-c1ccccc1)NCCCN1CCC(C)CC1. The zero-order valence-electron chi connectivity index (χ0n) is 17.1. The van der Waals surface area contributed by atoms with E-state index >= 15 is 0 Å². The van der Waals surface area contributed by atoms with Crippen LogP contribution in [-0.4, -0.2) is 58.3 Å². The molecule has 2 aromatic rings. The second-order valence-corrected chi connectivity index (χ2v) is 7.45. The van der Waals surface area contributed by atoms with Gasteiger partial charge in [-0.2, -0.15) is 0 Å². The standard InChI is InChI=1S/C21H33N7/c1-3-22-21(23-12-7-13-27-14-10-18(2)11-15-27)24-16-20-26-25-17-28(20)19-8-5-4-6-9-19/h4-6,8-9,17-18H,3,7,10-16H2,1-2H3,(H2,22,23,24). The van der Waals surface area contributed by atoms with Crippen molar-refractivity contribution in [2.75, 3.05) is 32.7 Å². The average molecular weight is 384 g/mol. The number of para-hydroxylation sites is 1. The summed E-state index contributed by atoms with van der Waals surface area (Å²) < 4.78 is 1.98. The Balaban J connectivity index is 1.49. The fraction of sp³-hybridized carbons (Fsp3) is 0.571. The molecule has 0 unspecified atom stereocenters. The van der Waals surface area contributed by atoms with E-state index in [9.17, 15) is 0 Å². The van der Waals surface area contributed by atoms with Crippen LogP contribution in [0.3, 0.4) is 0 Å². The number of guanidine groups is 1. The first-order valence-corrected chi connectivity index (χ1v) is 10.4. The smallest absolute Gasteiger partial charge is 0.191 e. The molecule has 1 fully saturated rings. The maximum absolute atomic E-state index is 4.69. The van der Waals surface area contributed by atoms with Crippen molar-refractivity contribution in [2.45, 2.75) is 39.7 Å². The van der Waals surface area contributed by atoms with E-state index in [1.807, 2.05) is 34.9 Å². The van der Waals surface area contributed by atoms with Crippen molar-refractivity contribution in [1.29, 1.82) is 0 Å². The van der Waals surface area contributed by atoms with Crippen molar-refractivity contribution < 1.29 is 0 Å². The van der Waals surface area contributed by atoms with Gasteiger partial charge in [0.25, 0.3) is 0 Å². The molecule has 2 N–H and O–H groups in total. The molecule has 2 heterocycles. The third kappa shape index (κ3) is 6.05. The van der Waals surface area contributed by atoms with Crippen LogP contribution in [0.5, 0.6) is 0 Å². The van der Waals surface area contributed by atoms with Gasteiger partial charge in [-0.25, -0.2) is 4.99 Å². The Kier molecular flexibility index (Phi) is 7.84. The highest BCUT2D eigenvalue weighted by Crippen LogP contribution is 2.15. The largest absolute Gasteiger partial charge is 0.357 e. The molecule has 0 aliphatic carbocycles. The summed E-state index contributed by atoms with van der Waals surface area (Å²) >= 11 is 0. The van der Waals surface area contributed by atoms with Crippen molar-refractivity contribution in [2.24, 2.45) is 10.9 Å². The molecular formula is C21H33N7. The number of rotatable bonds is 8. The minimum atomic E-state index is 0.480. The van der Waals surface area contributed by atoms with Crippen LogP contribution < -0.4 is 10.6 Å². The number of aliphatic imine (C=N–C) groups is 1. The first-order valence-electron chi connectivity index (χ1n) is 10.4. The molecule has 0 radical (unpaired) electrons. The summed E-state index contributed by atoms with van der Waals surface area (Å²) in [6.07, 6.45) is 5.53. The fourth-order valence-electron chi connectivity index (χ4n) is 3.46. The Morgan fingerprint density at radius 1 is 1.18 bits per heavy atom. The summed E-state index contributed by atoms with van der Waals surface area (Å²) in [5.41, 5.74) is 1.05. The lowest BCUT2D eigenvalue weighted by Gasteiger charge is -2.30. The molecule has 7 heteroatoms. The summed E-state index contributed by atoms with van der Waals surface area (Å²) in [6, 6.07) is 10.1. The van der Waals surface area contributed by atoms with Gasteiger partial charge in [-0.15, -0.1) is 10.2 Å². The minimum absolute atomic E-state index is 0.480. The monoisotopic (exact) mass is 383 g/mol. The normalized spacial score (nSPS) is 16.3. The van der Waals surface area contributed by atoms with Gasteiger partial charge in [-0.1, -0.05) is 25.1 Å². The van der Waals surface area contributed by atoms with Crippen LogP contribution in [-0.2, 0) is 6.54 Å². The van der Waals surface area contributed by atoms with E-state index in [0.717, 1.165) is 49.4 Å². The van der Waals surface area contributed by atoms with Gasteiger partial charge in [0.05, 0.1) is 0 Å². The Morgan fingerprint density at radius 3 is 2.71 bits per heavy atom. The molecule has 1 saturated heterocycles. The van der Waals surface area contributed by atoms with Crippen LogP contribution in [0.15, 0.2) is 41.7 Å². The Hall–Kier alpha value is -2.41. The highest BCUT2D eigenvalue weighted by Gasteiger charge is 2.14. The van der Waals surface area contributed by atoms with E-state index in [2.05, 4.69) is 39.6 Å². The maximum Gasteiger partial charge on any atom is 0.191 e. The topological polar surface area (TPSA) is 70.4 Å². The molecule has 28 heavy (non-hydrogen) atoms. The van der Waals surface area contributed by atoms with Gasteiger partial charge < -0.3 is 15.5 Å². The summed E-state index contributed by atoms with van der Waals surface area (Å²) in [5.74, 6) is 2.54. The van der Waals surface area contributed by atoms with Crippen LogP contribution >= 0.6 is 0 Å². The van der Waals surface area contributed by atoms with E-state index in [1.54, 1.807) is 6.33 Å². The number of piperidine rings is 1. The molecule has 7 nitrogen and oxygen atoms in total. The molecule has 0 atom stereocenters. The molecule has 0 bridgehead atoms. The van der Waals surface area contributed by atoms with E-state index in [1.165, 1.54) is 25.9 Å². The van der Waals surface area contributed by atoms with Crippen molar-refractivity contribution in [1.82, 2.24) is 30.3 Å². The van der Waals surface area contributed by atoms with Crippen LogP contribution in [0, 0.1) is 5.92 Å². The summed E-state index contributed by atoms with van der Waals surface area (Å²) in [5, 5.41) is 15.0. The molecule has 0 spiro atoms. The molecule has 0 amide bonds. The summed E-state index contributed by atoms with van der Waals surface area (Å²) in [6.45, 7) is 10.3. The summed E-state index contributed by atoms with van der Waals surface area (Å²) in [7, 11) is 0. The predicted octanol–water partition coefficient (Wildman–Crippen LogP) is 2.44. The van der Waals surface area contributed by atoms with E-state index < -0.39 is 0 Å². The van der Waals surface area contributed by atoms with Crippen molar-refractivity contribution in [3.8, 4) is 5.69 Å². The Labute approximate surface area is 168 Å². The van der Waals surface area contributed by atoms with Crippen LogP contribution in [0.25, 0.3) is 5.69 Å². The molecule has 1 aromatic carbocycles. The van der Waals surface area contributed by atoms with Gasteiger partial charge in [-0.05, 0) is 63.9 Å². The van der Waals surface area contributed by atoms with E-state index in [0.29, 0.717) is 6.54 Å². The first-order chi connectivity index (χ1) is 13.8. The number of aromatic nitrogens is 3. The molecular weight excluding hydrogens is 350 g/mol. The van der Waals surface area contributed by atoms with Gasteiger partial charge in [0.1, 0.15) is 12.9 Å². The lowest BCUT2D eigenvalue weighted by Crippen LogP contribution is -2.39. The number of benzene rings is 1. The average Bonchev–Trinajstić information content (AvgIpc) is 3.20. The zero-order valence-corrected chi connectivity index (χ0v) is 17.1. The van der Waals surface area contributed by atoms with Gasteiger partial charge in [-0.3, -0.25) is 4.57 Å². The minimum Gasteiger partial charge on any atom is -0.357 e. The van der Waals surface area contributed by atoms with Crippen molar-refractivity contribution in [3.63, 3.8) is 0 Å². The van der Waals surface area contributed by atoms with Crippen molar-refractivity contribution in [3.05, 3.63) is 42.5 Å². The van der Waals surface area contributed by atoms with Crippen LogP contribution in [0.2, 0.25) is 0 Å². The maximum atomic E-state index is 4.69. The van der Waals surface area contributed by atoms with Crippen LogP contribution in [0.1, 0.15) is 38.9 Å². The van der Waals surface area contributed by atoms with E-state index in [-0.39, 0.29) is 0 Å². The summed E-state index contributed by atoms with van der Waals surface area (Å²) in [4.78, 5) is 7.27. The number of likely N-dealkylation sites (tertiary alicyclic amines) is 1. The van der Waals surface area contributed by atoms with Gasteiger partial charge >= 0.3 is 0 Å². The third-order valence-corrected chi connectivity index (χ3v) is 5.20. The third-order valence-electron chi connectivity index (χ3n) is 5.20. The number of hydrogen-bond acceptors (Lipinski definition) is 4. The van der Waals surface area contributed by atoms with Gasteiger partial charge in [0.15, 0.2) is 11.8 Å². The second kappa shape index (κ2) is 10.8. The molecule has 152 valence electrons. The molecule has 1 aromatic heterocycles.